The third-order valence-electron chi connectivity index (χ3n) is 9.46. The van der Waals surface area contributed by atoms with Gasteiger partial charge >= 0.3 is 6.09 Å². The summed E-state index contributed by atoms with van der Waals surface area (Å²) in [5, 5.41) is 24.1. The third kappa shape index (κ3) is 4.91. The topological polar surface area (TPSA) is 122 Å². The molecule has 3 aromatic heterocycles. The fourth-order valence-electron chi connectivity index (χ4n) is 7.28. The van der Waals surface area contributed by atoms with E-state index in [-0.39, 0.29) is 23.1 Å². The highest BCUT2D eigenvalue weighted by Crippen LogP contribution is 2.68. The van der Waals surface area contributed by atoms with Crippen LogP contribution < -0.4 is 5.32 Å². The number of ether oxygens (including phenoxy) is 1. The Morgan fingerprint density at radius 1 is 1.02 bits per heavy atom. The zero-order chi connectivity index (χ0) is 31.9. The number of hydrogen-bond donors (Lipinski definition) is 2. The number of benzene rings is 1. The van der Waals surface area contributed by atoms with Crippen LogP contribution in [-0.2, 0) is 15.9 Å². The number of amides is 2. The van der Waals surface area contributed by atoms with Crippen molar-refractivity contribution >= 4 is 39.8 Å². The van der Waals surface area contributed by atoms with Gasteiger partial charge < -0.3 is 20.1 Å². The molecule has 2 amide bonds. The molecule has 2 N–H and O–H groups in total. The molecule has 3 aliphatic carbocycles. The molecule has 0 radical (unpaired) electrons. The number of aromatic nitrogens is 4. The van der Waals surface area contributed by atoms with Crippen molar-refractivity contribution in [3.8, 4) is 0 Å². The molecule has 2 bridgehead atoms. The van der Waals surface area contributed by atoms with Crippen LogP contribution in [0.25, 0.3) is 21.3 Å². The maximum Gasteiger partial charge on any atom is 0.410 e. The van der Waals surface area contributed by atoms with E-state index in [0.29, 0.717) is 41.2 Å². The van der Waals surface area contributed by atoms with Gasteiger partial charge in [0.05, 0.1) is 34.9 Å². The van der Waals surface area contributed by atoms with Gasteiger partial charge in [0.1, 0.15) is 11.3 Å². The average molecular weight is 611 g/mol. The first-order chi connectivity index (χ1) is 21.2. The van der Waals surface area contributed by atoms with E-state index in [9.17, 15) is 14.7 Å². The summed E-state index contributed by atoms with van der Waals surface area (Å²) in [4.78, 5) is 33.7. The molecule has 1 aromatic carbocycles. The quantitative estimate of drug-likeness (QED) is 0.309. The minimum absolute atomic E-state index is 0.0413. The van der Waals surface area contributed by atoms with E-state index >= 15 is 0 Å². The number of nitrogens with one attached hydrogen (secondary N) is 1. The molecule has 8 rings (SSSR count). The Balaban J connectivity index is 1.07. The summed E-state index contributed by atoms with van der Waals surface area (Å²) in [6.07, 6.45) is 6.25. The van der Waals surface area contributed by atoms with Gasteiger partial charge in [0, 0.05) is 54.6 Å². The fourth-order valence-corrected chi connectivity index (χ4v) is 7.28. The van der Waals surface area contributed by atoms with Crippen molar-refractivity contribution in [2.24, 2.45) is 0 Å². The van der Waals surface area contributed by atoms with Crippen LogP contribution in [0.4, 0.5) is 16.2 Å². The molecule has 1 aliphatic heterocycles. The second kappa shape index (κ2) is 9.76. The fraction of sp³-hybridized carbons (Fsp3) is 0.485. The molecule has 1 saturated heterocycles. The van der Waals surface area contributed by atoms with Gasteiger partial charge in [-0.15, -0.1) is 0 Å². The number of aliphatic hydroxyl groups is 1. The molecule has 3 saturated carbocycles. The van der Waals surface area contributed by atoms with Gasteiger partial charge in [-0.2, -0.15) is 10.2 Å². The number of hydrogen-bond acceptors (Lipinski definition) is 7. The molecule has 12 nitrogen and oxygen atoms in total. The van der Waals surface area contributed by atoms with Crippen molar-refractivity contribution in [2.75, 3.05) is 31.5 Å². The minimum atomic E-state index is -1.23. The highest BCUT2D eigenvalue weighted by Gasteiger charge is 2.71. The SMILES string of the molecule is [C-]#[N+]c1cnn2c(C(=O)Nc3cc4cn(C56CC(N7CCN(C(=O)OC(C)(C)C)CC7)(C5)C6)nc4cc3C(C)(C)O)ccc2c1. The van der Waals surface area contributed by atoms with Crippen LogP contribution >= 0.6 is 0 Å². The van der Waals surface area contributed by atoms with Gasteiger partial charge in [0.25, 0.3) is 5.91 Å². The van der Waals surface area contributed by atoms with Crippen molar-refractivity contribution in [1.29, 1.82) is 0 Å². The summed E-state index contributed by atoms with van der Waals surface area (Å²) in [5.74, 6) is -0.372. The zero-order valence-corrected chi connectivity index (χ0v) is 26.3. The van der Waals surface area contributed by atoms with Gasteiger partial charge in [-0.25, -0.2) is 14.2 Å². The number of anilines is 1. The Morgan fingerprint density at radius 3 is 2.38 bits per heavy atom. The number of carbonyl (C=O) groups excluding carboxylic acids is 2. The molecular weight excluding hydrogens is 572 g/mol. The summed E-state index contributed by atoms with van der Waals surface area (Å²) in [7, 11) is 0. The number of carbonyl (C=O) groups is 2. The normalized spacial score (nSPS) is 23.4. The van der Waals surface area contributed by atoms with Gasteiger partial charge in [0.2, 0.25) is 5.69 Å². The predicted molar refractivity (Wildman–Crippen MR) is 168 cm³/mol. The van der Waals surface area contributed by atoms with E-state index in [1.807, 2.05) is 39.1 Å². The number of nitrogens with zero attached hydrogens (tertiary/aromatic N) is 7. The smallest absolute Gasteiger partial charge is 0.410 e. The molecule has 45 heavy (non-hydrogen) atoms. The van der Waals surface area contributed by atoms with Crippen molar-refractivity contribution < 1.29 is 19.4 Å². The summed E-state index contributed by atoms with van der Waals surface area (Å²) in [6.45, 7) is 19.3. The minimum Gasteiger partial charge on any atom is -0.444 e. The standard InChI is InChI=1S/C33H38N8O4/c1-30(2,3)45-29(43)38-9-11-39(12-10-38)32-18-33(19-32,20-32)40-17-21-13-26(24(31(4,5)44)15-25(21)37-40)36-28(42)27-8-7-23-14-22(34-6)16-35-41(23)27/h7-8,13-17,44H,9-12,18-20H2,1-5H3,(H,36,42). The zero-order valence-electron chi connectivity index (χ0n) is 26.3. The van der Waals surface area contributed by atoms with Crippen molar-refractivity contribution in [3.05, 3.63) is 65.4 Å². The maximum atomic E-state index is 13.4. The van der Waals surface area contributed by atoms with Gasteiger partial charge in [-0.3, -0.25) is 14.4 Å². The van der Waals surface area contributed by atoms with Crippen LogP contribution in [0.5, 0.6) is 0 Å². The van der Waals surface area contributed by atoms with Crippen molar-refractivity contribution in [1.82, 2.24) is 29.2 Å². The second-order valence-corrected chi connectivity index (χ2v) is 14.4. The Bertz CT molecular complexity index is 1880. The van der Waals surface area contributed by atoms with Gasteiger partial charge in [-0.1, -0.05) is 0 Å². The predicted octanol–water partition coefficient (Wildman–Crippen LogP) is 4.90. The molecule has 4 heterocycles. The van der Waals surface area contributed by atoms with Crippen LogP contribution in [0, 0.1) is 6.57 Å². The van der Waals surface area contributed by atoms with Crippen molar-refractivity contribution in [2.45, 2.75) is 76.2 Å². The van der Waals surface area contributed by atoms with E-state index in [4.69, 9.17) is 16.4 Å². The van der Waals surface area contributed by atoms with E-state index in [1.54, 1.807) is 36.9 Å². The molecule has 0 atom stereocenters. The highest BCUT2D eigenvalue weighted by atomic mass is 16.6. The van der Waals surface area contributed by atoms with Gasteiger partial charge in [-0.05, 0) is 84.2 Å². The molecular formula is C33H38N8O4. The average Bonchev–Trinajstić information content (AvgIpc) is 3.53. The van der Waals surface area contributed by atoms with Crippen LogP contribution in [0.2, 0.25) is 0 Å². The lowest BCUT2D eigenvalue weighted by atomic mass is 9.43. The Morgan fingerprint density at radius 2 is 1.73 bits per heavy atom. The van der Waals surface area contributed by atoms with E-state index in [1.165, 1.54) is 10.7 Å². The molecule has 12 heteroatoms. The lowest BCUT2D eigenvalue weighted by Crippen LogP contribution is -2.80. The number of rotatable bonds is 5. The van der Waals surface area contributed by atoms with Crippen LogP contribution in [0.3, 0.4) is 0 Å². The summed E-state index contributed by atoms with van der Waals surface area (Å²) in [6, 6.07) is 8.83. The maximum absolute atomic E-state index is 13.4. The third-order valence-corrected chi connectivity index (χ3v) is 9.46. The summed E-state index contributed by atoms with van der Waals surface area (Å²) < 4.78 is 9.14. The van der Waals surface area contributed by atoms with Gasteiger partial charge in [0.15, 0.2) is 0 Å². The van der Waals surface area contributed by atoms with Crippen LogP contribution in [0.1, 0.15) is 69.9 Å². The molecule has 4 aromatic rings. The lowest BCUT2D eigenvalue weighted by molar-refractivity contribution is -0.216. The first-order valence-electron chi connectivity index (χ1n) is 15.4. The van der Waals surface area contributed by atoms with E-state index in [0.717, 1.165) is 43.3 Å². The second-order valence-electron chi connectivity index (χ2n) is 14.4. The number of fused-ring (bicyclic) bond motifs is 2. The van der Waals surface area contributed by atoms with Crippen molar-refractivity contribution in [3.63, 3.8) is 0 Å². The molecule has 234 valence electrons. The Labute approximate surface area is 261 Å². The van der Waals surface area contributed by atoms with Crippen LogP contribution in [-0.4, -0.2) is 83.6 Å². The molecule has 0 spiro atoms. The summed E-state index contributed by atoms with van der Waals surface area (Å²) in [5.41, 5.74) is 1.58. The van der Waals surface area contributed by atoms with E-state index in [2.05, 4.69) is 24.8 Å². The van der Waals surface area contributed by atoms with E-state index < -0.39 is 11.2 Å². The Hall–Kier alpha value is -4.47. The van der Waals surface area contributed by atoms with Crippen LogP contribution in [0.15, 0.2) is 42.7 Å². The molecule has 4 aliphatic rings. The number of piperazine rings is 1. The molecule has 0 unspecified atom stereocenters. The first kappa shape index (κ1) is 29.3. The first-order valence-corrected chi connectivity index (χ1v) is 15.4. The lowest BCUT2D eigenvalue weighted by Gasteiger charge is -2.74. The largest absolute Gasteiger partial charge is 0.444 e. The molecule has 4 fully saturated rings. The Kier molecular flexibility index (Phi) is 6.35. The monoisotopic (exact) mass is 610 g/mol. The highest BCUT2D eigenvalue weighted by molar-refractivity contribution is 6.05. The summed E-state index contributed by atoms with van der Waals surface area (Å²) >= 11 is 0.